The summed E-state index contributed by atoms with van der Waals surface area (Å²) in [7, 11) is 3.05. The van der Waals surface area contributed by atoms with Crippen LogP contribution in [0.4, 0.5) is 0 Å². The number of rotatable bonds is 9. The quantitative estimate of drug-likeness (QED) is 0.312. The first kappa shape index (κ1) is 25.4. The third kappa shape index (κ3) is 5.09. The van der Waals surface area contributed by atoms with Crippen LogP contribution < -0.4 is 14.8 Å². The predicted octanol–water partition coefficient (Wildman–Crippen LogP) is 5.24. The Morgan fingerprint density at radius 1 is 1.08 bits per heavy atom. The van der Waals surface area contributed by atoms with Gasteiger partial charge in [-0.15, -0.1) is 0 Å². The van der Waals surface area contributed by atoms with E-state index in [0.29, 0.717) is 34.2 Å². The number of nitrogens with one attached hydrogen (secondary N) is 1. The number of methoxy groups -OCH3 is 2. The molecule has 38 heavy (non-hydrogen) atoms. The molecule has 1 amide bonds. The number of ether oxygens (including phenoxy) is 2. The Balaban J connectivity index is 1.41. The number of nitrogens with zero attached hydrogens (tertiary/aromatic N) is 2. The number of amides is 1. The standard InChI is InChI=1S/C29H31N3O6/c1-36-25-11-8-18(15-26(25)37-2)14-23(29(34)35)31-28(33)19-9-10-24-22(16-19)30-27(20-12-13-38-17-20)32(24)21-6-4-3-5-7-21/h8-13,15-17,21,23H,3-7,14H2,1-2H3,(H,31,33)(H,34,35). The third-order valence-electron chi connectivity index (χ3n) is 7.16. The van der Waals surface area contributed by atoms with Crippen LogP contribution in [0.2, 0.25) is 0 Å². The van der Waals surface area contributed by atoms with Crippen LogP contribution in [0.5, 0.6) is 11.5 Å². The van der Waals surface area contributed by atoms with Crippen LogP contribution in [0.25, 0.3) is 22.4 Å². The molecule has 2 heterocycles. The normalized spacial score (nSPS) is 14.8. The summed E-state index contributed by atoms with van der Waals surface area (Å²) >= 11 is 0. The molecular weight excluding hydrogens is 486 g/mol. The highest BCUT2D eigenvalue weighted by atomic mass is 16.5. The van der Waals surface area contributed by atoms with Gasteiger partial charge in [0.2, 0.25) is 0 Å². The van der Waals surface area contributed by atoms with Gasteiger partial charge in [-0.25, -0.2) is 9.78 Å². The van der Waals surface area contributed by atoms with Gasteiger partial charge in [-0.2, -0.15) is 0 Å². The van der Waals surface area contributed by atoms with Crippen LogP contribution in [0.3, 0.4) is 0 Å². The van der Waals surface area contributed by atoms with Gasteiger partial charge < -0.3 is 28.9 Å². The van der Waals surface area contributed by atoms with E-state index >= 15 is 0 Å². The van der Waals surface area contributed by atoms with E-state index in [1.165, 1.54) is 33.5 Å². The van der Waals surface area contributed by atoms with E-state index in [1.54, 1.807) is 42.9 Å². The van der Waals surface area contributed by atoms with Crippen molar-refractivity contribution in [2.75, 3.05) is 14.2 Å². The molecule has 1 aliphatic rings. The molecule has 9 nitrogen and oxygen atoms in total. The molecule has 2 N–H and O–H groups in total. The van der Waals surface area contributed by atoms with E-state index in [0.717, 1.165) is 29.7 Å². The molecule has 1 saturated carbocycles. The van der Waals surface area contributed by atoms with Gasteiger partial charge in [0.25, 0.3) is 5.91 Å². The molecule has 198 valence electrons. The average Bonchev–Trinajstić information content (AvgIpc) is 3.60. The van der Waals surface area contributed by atoms with Crippen molar-refractivity contribution >= 4 is 22.9 Å². The number of carbonyl (C=O) groups is 2. The number of aliphatic carboxylic acids is 1. The smallest absolute Gasteiger partial charge is 0.326 e. The molecule has 0 aliphatic heterocycles. The number of carboxylic acids is 1. The number of fused-ring (bicyclic) bond motifs is 1. The van der Waals surface area contributed by atoms with Gasteiger partial charge in [0, 0.05) is 18.0 Å². The summed E-state index contributed by atoms with van der Waals surface area (Å²) in [4.78, 5) is 30.1. The minimum Gasteiger partial charge on any atom is -0.493 e. The number of furan rings is 1. The zero-order chi connectivity index (χ0) is 26.6. The molecule has 0 saturated heterocycles. The van der Waals surface area contributed by atoms with Crippen molar-refractivity contribution in [2.45, 2.75) is 50.6 Å². The summed E-state index contributed by atoms with van der Waals surface area (Å²) in [5, 5.41) is 12.5. The molecule has 5 rings (SSSR count). The fourth-order valence-electron chi connectivity index (χ4n) is 5.23. The van der Waals surface area contributed by atoms with Crippen LogP contribution in [-0.4, -0.2) is 46.8 Å². The molecule has 4 aromatic rings. The summed E-state index contributed by atoms with van der Waals surface area (Å²) in [6, 6.07) is 11.6. The third-order valence-corrected chi connectivity index (χ3v) is 7.16. The maximum Gasteiger partial charge on any atom is 0.326 e. The van der Waals surface area contributed by atoms with Gasteiger partial charge in [-0.05, 0) is 54.8 Å². The number of imidazole rings is 1. The van der Waals surface area contributed by atoms with Crippen molar-refractivity contribution in [3.63, 3.8) is 0 Å². The fraction of sp³-hybridized carbons (Fsp3) is 0.345. The van der Waals surface area contributed by atoms with Crippen LogP contribution in [0, 0.1) is 0 Å². The second-order valence-electron chi connectivity index (χ2n) is 9.57. The molecule has 2 aromatic carbocycles. The first-order chi connectivity index (χ1) is 18.5. The fourth-order valence-corrected chi connectivity index (χ4v) is 5.23. The maximum absolute atomic E-state index is 13.2. The number of hydrogen-bond acceptors (Lipinski definition) is 6. The highest BCUT2D eigenvalue weighted by Gasteiger charge is 2.25. The number of carboxylic acid groups (broad SMARTS) is 1. The summed E-state index contributed by atoms with van der Waals surface area (Å²) in [6.07, 6.45) is 9.14. The summed E-state index contributed by atoms with van der Waals surface area (Å²) in [6.45, 7) is 0. The van der Waals surface area contributed by atoms with E-state index in [1.807, 2.05) is 12.1 Å². The number of hydrogen-bond donors (Lipinski definition) is 2. The molecule has 9 heteroatoms. The lowest BCUT2D eigenvalue weighted by Gasteiger charge is -2.25. The van der Waals surface area contributed by atoms with E-state index in [-0.39, 0.29) is 6.42 Å². The zero-order valence-corrected chi connectivity index (χ0v) is 21.5. The molecule has 1 fully saturated rings. The molecule has 2 aromatic heterocycles. The highest BCUT2D eigenvalue weighted by Crippen LogP contribution is 2.36. The molecular formula is C29H31N3O6. The molecule has 1 aliphatic carbocycles. The monoisotopic (exact) mass is 517 g/mol. The summed E-state index contributed by atoms with van der Waals surface area (Å²) < 4.78 is 18.2. The van der Waals surface area contributed by atoms with Crippen molar-refractivity contribution in [3.8, 4) is 22.9 Å². The van der Waals surface area contributed by atoms with Crippen LogP contribution in [0.15, 0.2) is 59.4 Å². The molecule has 0 radical (unpaired) electrons. The van der Waals surface area contributed by atoms with Gasteiger partial charge in [-0.3, -0.25) is 4.79 Å². The first-order valence-corrected chi connectivity index (χ1v) is 12.8. The first-order valence-electron chi connectivity index (χ1n) is 12.8. The number of aromatic nitrogens is 2. The van der Waals surface area contributed by atoms with Gasteiger partial charge >= 0.3 is 5.97 Å². The Morgan fingerprint density at radius 2 is 1.87 bits per heavy atom. The Kier molecular flexibility index (Phi) is 7.35. The second-order valence-corrected chi connectivity index (χ2v) is 9.57. The Labute approximate surface area is 220 Å². The van der Waals surface area contributed by atoms with Gasteiger partial charge in [-0.1, -0.05) is 25.3 Å². The van der Waals surface area contributed by atoms with E-state index < -0.39 is 17.9 Å². The Bertz CT molecular complexity index is 1440. The Hall–Kier alpha value is -4.27. The van der Waals surface area contributed by atoms with Crippen molar-refractivity contribution in [3.05, 3.63) is 66.1 Å². The highest BCUT2D eigenvalue weighted by molar-refractivity contribution is 5.99. The lowest BCUT2D eigenvalue weighted by molar-refractivity contribution is -0.139. The van der Waals surface area contributed by atoms with E-state index in [9.17, 15) is 14.7 Å². The lowest BCUT2D eigenvalue weighted by atomic mass is 9.95. The SMILES string of the molecule is COc1ccc(CC(NC(=O)c2ccc3c(c2)nc(-c2ccoc2)n3C2CCCCC2)C(=O)O)cc1OC. The van der Waals surface area contributed by atoms with E-state index in [2.05, 4.69) is 9.88 Å². The van der Waals surface area contributed by atoms with Crippen LogP contribution in [0.1, 0.15) is 54.1 Å². The molecule has 1 unspecified atom stereocenters. The van der Waals surface area contributed by atoms with Crippen molar-refractivity contribution in [1.29, 1.82) is 0 Å². The largest absolute Gasteiger partial charge is 0.493 e. The van der Waals surface area contributed by atoms with Crippen molar-refractivity contribution < 1.29 is 28.6 Å². The van der Waals surface area contributed by atoms with Crippen molar-refractivity contribution in [2.24, 2.45) is 0 Å². The van der Waals surface area contributed by atoms with Crippen LogP contribution in [-0.2, 0) is 11.2 Å². The molecule has 0 spiro atoms. The lowest BCUT2D eigenvalue weighted by Crippen LogP contribution is -2.42. The molecule has 0 bridgehead atoms. The minimum atomic E-state index is -1.13. The maximum atomic E-state index is 13.2. The predicted molar refractivity (Wildman–Crippen MR) is 142 cm³/mol. The minimum absolute atomic E-state index is 0.0879. The number of carbonyl (C=O) groups excluding carboxylic acids is 1. The topological polar surface area (TPSA) is 116 Å². The van der Waals surface area contributed by atoms with Gasteiger partial charge in [0.1, 0.15) is 18.1 Å². The van der Waals surface area contributed by atoms with Crippen LogP contribution >= 0.6 is 0 Å². The summed E-state index contributed by atoms with van der Waals surface area (Å²) in [5.41, 5.74) is 3.57. The second kappa shape index (κ2) is 11.0. The van der Waals surface area contributed by atoms with Crippen molar-refractivity contribution in [1.82, 2.24) is 14.9 Å². The van der Waals surface area contributed by atoms with E-state index in [4.69, 9.17) is 18.9 Å². The van der Waals surface area contributed by atoms with Gasteiger partial charge in [0.05, 0.1) is 37.1 Å². The van der Waals surface area contributed by atoms with Gasteiger partial charge in [0.15, 0.2) is 11.5 Å². The average molecular weight is 518 g/mol. The molecule has 1 atom stereocenters. The zero-order valence-electron chi connectivity index (χ0n) is 21.5. The summed E-state index contributed by atoms with van der Waals surface area (Å²) in [5.74, 6) is 0.251. The Morgan fingerprint density at radius 3 is 2.55 bits per heavy atom. The number of benzene rings is 2.